The van der Waals surface area contributed by atoms with Crippen LogP contribution in [0.4, 0.5) is 0 Å². The predicted octanol–water partition coefficient (Wildman–Crippen LogP) is 4.78. The van der Waals surface area contributed by atoms with Crippen molar-refractivity contribution in [2.45, 2.75) is 130 Å². The molecule has 1 saturated heterocycles. The average molecular weight is 882 g/mol. The minimum atomic E-state index is -1.02. The Balaban J connectivity index is 1.81. The van der Waals surface area contributed by atoms with Crippen molar-refractivity contribution in [3.8, 4) is 11.5 Å². The topological polar surface area (TPSA) is 174 Å². The van der Waals surface area contributed by atoms with Gasteiger partial charge in [0.1, 0.15) is 30.2 Å². The molecule has 0 aromatic heterocycles. The zero-order valence-electron chi connectivity index (χ0n) is 39.9. The van der Waals surface area contributed by atoms with Crippen molar-refractivity contribution in [1.82, 2.24) is 25.8 Å². The fourth-order valence-electron chi connectivity index (χ4n) is 8.62. The number of hydrogen-bond acceptors (Lipinski definition) is 11. The molecule has 0 aliphatic carbocycles. The van der Waals surface area contributed by atoms with E-state index in [9.17, 15) is 24.0 Å². The molecule has 4 amide bonds. The Hall–Kier alpha value is -4.73. The van der Waals surface area contributed by atoms with E-state index in [1.54, 1.807) is 63.2 Å². The first kappa shape index (κ1) is 52.6. The highest BCUT2D eigenvalue weighted by atomic mass is 16.5. The first-order valence-electron chi connectivity index (χ1n) is 22.3. The van der Waals surface area contributed by atoms with Gasteiger partial charge in [0.15, 0.2) is 0 Å². The van der Waals surface area contributed by atoms with E-state index in [2.05, 4.69) is 16.0 Å². The summed E-state index contributed by atoms with van der Waals surface area (Å²) in [5.74, 6) is -1.65. The minimum Gasteiger partial charge on any atom is -0.497 e. The summed E-state index contributed by atoms with van der Waals surface area (Å²) in [5, 5.41) is 8.98. The number of likely N-dealkylation sites (tertiary alicyclic amines) is 1. The zero-order chi connectivity index (χ0) is 47.0. The van der Waals surface area contributed by atoms with Crippen LogP contribution in [-0.4, -0.2) is 131 Å². The summed E-state index contributed by atoms with van der Waals surface area (Å²) >= 11 is 0. The van der Waals surface area contributed by atoms with Crippen molar-refractivity contribution < 1.29 is 47.7 Å². The summed E-state index contributed by atoms with van der Waals surface area (Å²) in [6, 6.07) is 11.4. The summed E-state index contributed by atoms with van der Waals surface area (Å²) in [6.07, 6.45) is 0.814. The van der Waals surface area contributed by atoms with E-state index in [-0.39, 0.29) is 54.9 Å². The molecular weight excluding hydrogens is 807 g/mol. The largest absolute Gasteiger partial charge is 0.497 e. The molecule has 0 saturated carbocycles. The van der Waals surface area contributed by atoms with Crippen LogP contribution >= 0.6 is 0 Å². The van der Waals surface area contributed by atoms with E-state index in [1.807, 2.05) is 71.9 Å². The maximum Gasteiger partial charge on any atom is 0.329 e. The molecule has 9 atom stereocenters. The van der Waals surface area contributed by atoms with Gasteiger partial charge in [0.05, 0.1) is 56.9 Å². The smallest absolute Gasteiger partial charge is 0.329 e. The summed E-state index contributed by atoms with van der Waals surface area (Å²) in [4.78, 5) is 73.2. The maximum absolute atomic E-state index is 14.4. The lowest BCUT2D eigenvalue weighted by Gasteiger charge is -2.41. The molecule has 63 heavy (non-hydrogen) atoms. The second-order valence-corrected chi connectivity index (χ2v) is 17.4. The molecule has 352 valence electrons. The van der Waals surface area contributed by atoms with Gasteiger partial charge in [-0.2, -0.15) is 0 Å². The number of amides is 4. The number of methoxy groups -OCH3 is 4. The van der Waals surface area contributed by atoms with Gasteiger partial charge in [0.25, 0.3) is 0 Å². The third kappa shape index (κ3) is 14.1. The molecule has 0 unspecified atom stereocenters. The number of ether oxygens (including phenoxy) is 5. The molecule has 15 heteroatoms. The van der Waals surface area contributed by atoms with Gasteiger partial charge >= 0.3 is 5.97 Å². The van der Waals surface area contributed by atoms with Gasteiger partial charge in [-0.1, -0.05) is 85.2 Å². The Morgan fingerprint density at radius 1 is 0.841 bits per heavy atom. The van der Waals surface area contributed by atoms with Crippen LogP contribution in [0.1, 0.15) is 85.3 Å². The van der Waals surface area contributed by atoms with Gasteiger partial charge < -0.3 is 49.4 Å². The summed E-state index contributed by atoms with van der Waals surface area (Å²) < 4.78 is 28.6. The summed E-state index contributed by atoms with van der Waals surface area (Å²) in [6.45, 7) is 13.8. The highest BCUT2D eigenvalue weighted by Gasteiger charge is 2.43. The van der Waals surface area contributed by atoms with Crippen LogP contribution in [0.15, 0.2) is 48.5 Å². The molecule has 3 N–H and O–H groups in total. The molecule has 15 nitrogen and oxygen atoms in total. The van der Waals surface area contributed by atoms with Gasteiger partial charge in [0, 0.05) is 45.9 Å². The number of nitrogens with zero attached hydrogens (tertiary/aromatic N) is 2. The molecule has 3 rings (SSSR count). The first-order valence-corrected chi connectivity index (χ1v) is 22.3. The monoisotopic (exact) mass is 882 g/mol. The van der Waals surface area contributed by atoms with Crippen LogP contribution < -0.4 is 25.4 Å². The molecule has 1 heterocycles. The van der Waals surface area contributed by atoms with E-state index in [4.69, 9.17) is 23.7 Å². The second kappa shape index (κ2) is 25.5. The van der Waals surface area contributed by atoms with E-state index in [0.29, 0.717) is 42.9 Å². The number of nitrogens with one attached hydrogen (secondary N) is 3. The van der Waals surface area contributed by atoms with Gasteiger partial charge in [-0.3, -0.25) is 19.2 Å². The molecule has 1 fully saturated rings. The minimum absolute atomic E-state index is 0.0130. The average Bonchev–Trinajstić information content (AvgIpc) is 3.76. The third-order valence-electron chi connectivity index (χ3n) is 12.5. The van der Waals surface area contributed by atoms with Crippen molar-refractivity contribution in [3.05, 3.63) is 59.7 Å². The van der Waals surface area contributed by atoms with Crippen LogP contribution in [0.2, 0.25) is 0 Å². The second-order valence-electron chi connectivity index (χ2n) is 17.4. The number of carbonyl (C=O) groups excluding carboxylic acids is 5. The van der Waals surface area contributed by atoms with E-state index < -0.39 is 60.2 Å². The SMILES string of the molecule is CC[C@H](C)[C@@H]([C@@H](CC(=O)N1CCC[C@H]1[C@H](OC)[C@@H](C)C(=O)N[C@@H](Cc1ccccc1)C(=O)OCc1ccc(OC)cc1OC)OC)N(C)C(=O)[C@@H](NC(=O)[C@@H](NC)C(C)C)C(C)C. The molecule has 1 aliphatic rings. The standard InChI is InChI=1S/C48H75N5O10/c1-14-31(6)43(52(9)47(57)42(30(4)5)51-46(56)41(49-8)29(2)3)39(61-12)27-40(54)53-24-18-21-37(53)44(62-13)32(7)45(55)50-36(25-33-19-16-15-17-20-33)48(58)63-28-34-22-23-35(59-10)26-38(34)60-11/h15-17,19-20,22-23,26,29-32,36-37,39,41-44,49H,14,18,21,24-25,27-28H2,1-13H3,(H,50,55)(H,51,56)/t31-,32+,36-,37-,39+,41-,42-,43-,44+/m0/s1. The Morgan fingerprint density at radius 2 is 1.51 bits per heavy atom. The number of carbonyl (C=O) groups is 5. The van der Waals surface area contributed by atoms with Crippen molar-refractivity contribution in [2.75, 3.05) is 49.1 Å². The van der Waals surface area contributed by atoms with E-state index in [0.717, 1.165) is 5.56 Å². The Morgan fingerprint density at radius 3 is 2.06 bits per heavy atom. The van der Waals surface area contributed by atoms with Crippen molar-refractivity contribution in [2.24, 2.45) is 23.7 Å². The van der Waals surface area contributed by atoms with Crippen LogP contribution in [0.25, 0.3) is 0 Å². The molecular formula is C48H75N5O10. The van der Waals surface area contributed by atoms with Crippen LogP contribution in [0, 0.1) is 23.7 Å². The van der Waals surface area contributed by atoms with E-state index in [1.165, 1.54) is 14.2 Å². The lowest BCUT2D eigenvalue weighted by atomic mass is 9.89. The summed E-state index contributed by atoms with van der Waals surface area (Å²) in [5.41, 5.74) is 1.46. The van der Waals surface area contributed by atoms with E-state index >= 15 is 0 Å². The zero-order valence-corrected chi connectivity index (χ0v) is 39.9. The fourth-order valence-corrected chi connectivity index (χ4v) is 8.62. The molecule has 0 bridgehead atoms. The molecule has 0 spiro atoms. The van der Waals surface area contributed by atoms with Gasteiger partial charge in [-0.05, 0) is 55.3 Å². The third-order valence-corrected chi connectivity index (χ3v) is 12.5. The fraction of sp³-hybridized carbons (Fsp3) is 0.646. The lowest BCUT2D eigenvalue weighted by Crippen LogP contribution is -2.59. The number of rotatable bonds is 25. The number of esters is 1. The van der Waals surface area contributed by atoms with Gasteiger partial charge in [-0.25, -0.2) is 4.79 Å². The van der Waals surface area contributed by atoms with Crippen LogP contribution in [0.3, 0.4) is 0 Å². The Bertz CT molecular complexity index is 1780. The highest BCUT2D eigenvalue weighted by Crippen LogP contribution is 2.30. The Kier molecular flexibility index (Phi) is 21.3. The quantitative estimate of drug-likeness (QED) is 0.117. The maximum atomic E-state index is 14.4. The highest BCUT2D eigenvalue weighted by molar-refractivity contribution is 5.90. The predicted molar refractivity (Wildman–Crippen MR) is 242 cm³/mol. The van der Waals surface area contributed by atoms with Gasteiger partial charge in [-0.15, -0.1) is 0 Å². The number of benzene rings is 2. The van der Waals surface area contributed by atoms with Crippen LogP contribution in [-0.2, 0) is 51.2 Å². The van der Waals surface area contributed by atoms with Crippen LogP contribution in [0.5, 0.6) is 11.5 Å². The molecule has 0 radical (unpaired) electrons. The van der Waals surface area contributed by atoms with Crippen molar-refractivity contribution in [3.63, 3.8) is 0 Å². The molecule has 2 aromatic rings. The van der Waals surface area contributed by atoms with Crippen molar-refractivity contribution in [1.29, 1.82) is 0 Å². The van der Waals surface area contributed by atoms with Crippen molar-refractivity contribution >= 4 is 29.6 Å². The lowest BCUT2D eigenvalue weighted by molar-refractivity contribution is -0.151. The number of hydrogen-bond donors (Lipinski definition) is 3. The molecule has 1 aliphatic heterocycles. The normalized spacial score (nSPS) is 17.8. The summed E-state index contributed by atoms with van der Waals surface area (Å²) in [7, 11) is 9.58. The molecule has 2 aromatic carbocycles. The Labute approximate surface area is 375 Å². The van der Waals surface area contributed by atoms with Gasteiger partial charge in [0.2, 0.25) is 23.6 Å². The number of likely N-dealkylation sites (N-methyl/N-ethyl adjacent to an activating group) is 2. The first-order chi connectivity index (χ1) is 30.0.